The topological polar surface area (TPSA) is 0 Å². The highest BCUT2D eigenvalue weighted by Crippen LogP contribution is 2.29. The quantitative estimate of drug-likeness (QED) is 0.193. The minimum absolute atomic E-state index is 1.23. The Labute approximate surface area is 202 Å². The first-order chi connectivity index (χ1) is 16.5. The van der Waals surface area contributed by atoms with E-state index < -0.39 is 0 Å². The number of hydrogen-bond acceptors (Lipinski definition) is 0. The van der Waals surface area contributed by atoms with E-state index in [-0.39, 0.29) is 0 Å². The molecule has 0 saturated heterocycles. The van der Waals surface area contributed by atoms with E-state index in [9.17, 15) is 0 Å². The first kappa shape index (κ1) is 21.9. The highest BCUT2D eigenvalue weighted by molar-refractivity contribution is 6.01. The van der Waals surface area contributed by atoms with E-state index in [2.05, 4.69) is 137 Å². The van der Waals surface area contributed by atoms with Crippen LogP contribution in [0, 0.1) is 27.7 Å². The van der Waals surface area contributed by atoms with Crippen molar-refractivity contribution < 1.29 is 0 Å². The summed E-state index contributed by atoms with van der Waals surface area (Å²) >= 11 is 0. The van der Waals surface area contributed by atoms with Gasteiger partial charge in [-0.1, -0.05) is 96.1 Å². The van der Waals surface area contributed by atoms with Gasteiger partial charge in [0.2, 0.25) is 0 Å². The van der Waals surface area contributed by atoms with Gasteiger partial charge in [-0.3, -0.25) is 0 Å². The summed E-state index contributed by atoms with van der Waals surface area (Å²) in [6.45, 7) is 8.65. The van der Waals surface area contributed by atoms with Crippen molar-refractivity contribution in [3.63, 3.8) is 0 Å². The van der Waals surface area contributed by atoms with Gasteiger partial charge in [0, 0.05) is 0 Å². The lowest BCUT2D eigenvalue weighted by Gasteiger charge is -2.09. The number of aryl methyl sites for hydroxylation is 4. The fourth-order valence-corrected chi connectivity index (χ4v) is 4.55. The van der Waals surface area contributed by atoms with Crippen LogP contribution in [0.4, 0.5) is 0 Å². The largest absolute Gasteiger partial charge is 0.0616 e. The molecule has 0 aromatic heterocycles. The number of fused-ring (bicyclic) bond motifs is 2. The first-order valence-electron chi connectivity index (χ1n) is 11.9. The lowest BCUT2D eigenvalue weighted by Crippen LogP contribution is -1.87. The second-order valence-corrected chi connectivity index (χ2v) is 9.41. The van der Waals surface area contributed by atoms with Crippen LogP contribution in [-0.2, 0) is 0 Å². The Balaban J connectivity index is 1.66. The molecule has 0 radical (unpaired) electrons. The van der Waals surface area contributed by atoms with Crippen molar-refractivity contribution in [3.8, 4) is 0 Å². The van der Waals surface area contributed by atoms with Crippen LogP contribution in [-0.4, -0.2) is 0 Å². The van der Waals surface area contributed by atoms with Crippen LogP contribution < -0.4 is 0 Å². The zero-order valence-electron chi connectivity index (χ0n) is 20.4. The molecule has 0 amide bonds. The SMILES string of the molecule is Cc1ccc(C)c(/C=C\c2cc3cc4ccccc4cc3cc2/C=C\c2cc(C)ccc2C)c1. The molecule has 0 N–H and O–H groups in total. The van der Waals surface area contributed by atoms with E-state index in [1.165, 1.54) is 66.1 Å². The van der Waals surface area contributed by atoms with Crippen molar-refractivity contribution in [1.82, 2.24) is 0 Å². The van der Waals surface area contributed by atoms with Crippen molar-refractivity contribution >= 4 is 45.8 Å². The molecular formula is C34H30. The molecule has 0 nitrogen and oxygen atoms in total. The van der Waals surface area contributed by atoms with Crippen molar-refractivity contribution in [3.05, 3.63) is 129 Å². The maximum atomic E-state index is 2.33. The van der Waals surface area contributed by atoms with Crippen LogP contribution >= 0.6 is 0 Å². The molecule has 0 atom stereocenters. The lowest BCUT2D eigenvalue weighted by molar-refractivity contribution is 1.38. The van der Waals surface area contributed by atoms with Gasteiger partial charge in [0.25, 0.3) is 0 Å². The van der Waals surface area contributed by atoms with Gasteiger partial charge in [-0.05, 0) is 107 Å². The summed E-state index contributed by atoms with van der Waals surface area (Å²) in [5.41, 5.74) is 10.1. The van der Waals surface area contributed by atoms with Crippen LogP contribution in [0.5, 0.6) is 0 Å². The molecule has 0 aliphatic heterocycles. The van der Waals surface area contributed by atoms with Crippen LogP contribution in [0.1, 0.15) is 44.5 Å². The van der Waals surface area contributed by atoms with Gasteiger partial charge in [-0.15, -0.1) is 0 Å². The maximum absolute atomic E-state index is 2.33. The van der Waals surface area contributed by atoms with Gasteiger partial charge in [-0.25, -0.2) is 0 Å². The van der Waals surface area contributed by atoms with Gasteiger partial charge < -0.3 is 0 Å². The highest BCUT2D eigenvalue weighted by atomic mass is 14.1. The molecule has 0 heterocycles. The summed E-state index contributed by atoms with van der Waals surface area (Å²) < 4.78 is 0. The first-order valence-corrected chi connectivity index (χ1v) is 11.9. The Morgan fingerprint density at radius 2 is 0.794 bits per heavy atom. The molecule has 0 spiro atoms. The van der Waals surface area contributed by atoms with Gasteiger partial charge in [-0.2, -0.15) is 0 Å². The lowest BCUT2D eigenvalue weighted by atomic mass is 9.95. The normalized spacial score (nSPS) is 11.9. The minimum atomic E-state index is 1.23. The molecule has 0 aliphatic rings. The Hall–Kier alpha value is -3.90. The predicted molar refractivity (Wildman–Crippen MR) is 151 cm³/mol. The average Bonchev–Trinajstić information content (AvgIpc) is 2.83. The molecule has 5 aromatic rings. The molecule has 166 valence electrons. The van der Waals surface area contributed by atoms with E-state index in [1.54, 1.807) is 0 Å². The maximum Gasteiger partial charge on any atom is -0.0171 e. The summed E-state index contributed by atoms with van der Waals surface area (Å²) in [7, 11) is 0. The molecule has 0 heteroatoms. The molecular weight excluding hydrogens is 408 g/mol. The summed E-state index contributed by atoms with van der Waals surface area (Å²) in [5, 5.41) is 5.09. The summed E-state index contributed by atoms with van der Waals surface area (Å²) in [4.78, 5) is 0. The number of hydrogen-bond donors (Lipinski definition) is 0. The van der Waals surface area contributed by atoms with Crippen LogP contribution in [0.2, 0.25) is 0 Å². The monoisotopic (exact) mass is 438 g/mol. The molecule has 0 bridgehead atoms. The Morgan fingerprint density at radius 1 is 0.382 bits per heavy atom. The van der Waals surface area contributed by atoms with Crippen molar-refractivity contribution in [2.24, 2.45) is 0 Å². The van der Waals surface area contributed by atoms with E-state index >= 15 is 0 Å². The highest BCUT2D eigenvalue weighted by Gasteiger charge is 2.05. The number of rotatable bonds is 4. The molecule has 0 unspecified atom stereocenters. The van der Waals surface area contributed by atoms with E-state index in [0.29, 0.717) is 0 Å². The summed E-state index contributed by atoms with van der Waals surface area (Å²) in [6.07, 6.45) is 9.03. The van der Waals surface area contributed by atoms with E-state index in [1.807, 2.05) is 0 Å². The average molecular weight is 439 g/mol. The predicted octanol–water partition coefficient (Wildman–Crippen LogP) is 9.57. The number of benzene rings is 5. The van der Waals surface area contributed by atoms with Crippen LogP contribution in [0.15, 0.2) is 84.9 Å². The van der Waals surface area contributed by atoms with Gasteiger partial charge >= 0.3 is 0 Å². The molecule has 0 fully saturated rings. The van der Waals surface area contributed by atoms with Gasteiger partial charge in [0.05, 0.1) is 0 Å². The van der Waals surface area contributed by atoms with E-state index in [4.69, 9.17) is 0 Å². The van der Waals surface area contributed by atoms with Gasteiger partial charge in [0.1, 0.15) is 0 Å². The third kappa shape index (κ3) is 4.58. The Bertz CT molecular complexity index is 1460. The smallest absolute Gasteiger partial charge is 0.0171 e. The molecule has 0 saturated carbocycles. The van der Waals surface area contributed by atoms with Crippen molar-refractivity contribution in [2.75, 3.05) is 0 Å². The fourth-order valence-electron chi connectivity index (χ4n) is 4.55. The Kier molecular flexibility index (Phi) is 5.90. The zero-order valence-corrected chi connectivity index (χ0v) is 20.4. The summed E-state index contributed by atoms with van der Waals surface area (Å²) in [5.74, 6) is 0. The fraction of sp³-hybridized carbons (Fsp3) is 0.118. The third-order valence-corrected chi connectivity index (χ3v) is 6.66. The zero-order chi connectivity index (χ0) is 23.7. The van der Waals surface area contributed by atoms with Crippen LogP contribution in [0.25, 0.3) is 45.8 Å². The van der Waals surface area contributed by atoms with Crippen LogP contribution in [0.3, 0.4) is 0 Å². The van der Waals surface area contributed by atoms with E-state index in [0.717, 1.165) is 0 Å². The molecule has 34 heavy (non-hydrogen) atoms. The second kappa shape index (κ2) is 9.15. The Morgan fingerprint density at radius 3 is 1.24 bits per heavy atom. The summed E-state index contributed by atoms with van der Waals surface area (Å²) in [6, 6.07) is 31.1. The van der Waals surface area contributed by atoms with Crippen molar-refractivity contribution in [2.45, 2.75) is 27.7 Å². The molecule has 5 rings (SSSR count). The standard InChI is InChI=1S/C34H30/c1-23-9-11-25(3)27(17-23)13-15-31-21-33-19-29-7-5-6-8-30(29)20-34(33)22-32(31)16-14-28-18-24(2)10-12-26(28)4/h5-22H,1-4H3/b15-13-,16-14-. The third-order valence-electron chi connectivity index (χ3n) is 6.66. The molecule has 0 aliphatic carbocycles. The second-order valence-electron chi connectivity index (χ2n) is 9.41. The minimum Gasteiger partial charge on any atom is -0.0616 e. The van der Waals surface area contributed by atoms with Gasteiger partial charge in [0.15, 0.2) is 0 Å². The van der Waals surface area contributed by atoms with Crippen molar-refractivity contribution in [1.29, 1.82) is 0 Å². The molecule has 5 aromatic carbocycles.